The number of likely N-dealkylation sites (tertiary alicyclic amines) is 1. The summed E-state index contributed by atoms with van der Waals surface area (Å²) in [5, 5.41) is 0. The van der Waals surface area contributed by atoms with Crippen LogP contribution in [0.4, 0.5) is 0 Å². The lowest BCUT2D eigenvalue weighted by Gasteiger charge is -2.34. The topological polar surface area (TPSA) is 62.9 Å². The third-order valence-electron chi connectivity index (χ3n) is 4.15. The predicted molar refractivity (Wildman–Crippen MR) is 77.9 cm³/mol. The monoisotopic (exact) mass is 268 g/mol. The summed E-state index contributed by atoms with van der Waals surface area (Å²) in [4.78, 5) is 7.08. The molecule has 110 valence electrons. The molecule has 1 aliphatic carbocycles. The number of hydrogen-bond acceptors (Lipinski definition) is 3. The summed E-state index contributed by atoms with van der Waals surface area (Å²) in [5.41, 5.74) is 2.80. The highest BCUT2D eigenvalue weighted by atomic mass is 16.5. The Morgan fingerprint density at radius 2 is 1.89 bits per heavy atom. The Balaban J connectivity index is 1.85. The molecule has 2 aliphatic rings. The van der Waals surface area contributed by atoms with Crippen LogP contribution >= 0.6 is 0 Å². The lowest BCUT2D eigenvalue weighted by atomic mass is 9.96. The van der Waals surface area contributed by atoms with Gasteiger partial charge in [-0.25, -0.2) is 10.8 Å². The van der Waals surface area contributed by atoms with Crippen LogP contribution in [0.25, 0.3) is 0 Å². The van der Waals surface area contributed by atoms with Gasteiger partial charge >= 0.3 is 0 Å². The number of rotatable bonds is 3. The van der Waals surface area contributed by atoms with Crippen LogP contribution in [-0.2, 0) is 4.74 Å². The summed E-state index contributed by atoms with van der Waals surface area (Å²) in [6, 6.07) is 0.462. The molecule has 0 aromatic carbocycles. The van der Waals surface area contributed by atoms with Crippen LogP contribution in [0, 0.1) is 0 Å². The Bertz CT molecular complexity index is 281. The molecule has 0 bridgehead atoms. The van der Waals surface area contributed by atoms with E-state index in [1.165, 1.54) is 32.1 Å². The second kappa shape index (κ2) is 7.70. The third kappa shape index (κ3) is 4.35. The van der Waals surface area contributed by atoms with Crippen molar-refractivity contribution in [3.8, 4) is 0 Å². The average Bonchev–Trinajstić information content (AvgIpc) is 2.47. The zero-order valence-corrected chi connectivity index (χ0v) is 12.1. The molecule has 5 nitrogen and oxygen atoms in total. The summed E-state index contributed by atoms with van der Waals surface area (Å²) < 4.78 is 5.68. The Hall–Kier alpha value is -0.810. The van der Waals surface area contributed by atoms with Crippen molar-refractivity contribution in [2.75, 3.05) is 19.7 Å². The molecule has 2 fully saturated rings. The minimum atomic E-state index is 0.412. The molecule has 1 aliphatic heterocycles. The Labute approximate surface area is 116 Å². The third-order valence-corrected chi connectivity index (χ3v) is 4.15. The van der Waals surface area contributed by atoms with Gasteiger partial charge in [-0.3, -0.25) is 5.43 Å². The fourth-order valence-electron chi connectivity index (χ4n) is 3.06. The van der Waals surface area contributed by atoms with Crippen LogP contribution in [0.2, 0.25) is 0 Å². The quantitative estimate of drug-likeness (QED) is 0.353. The molecular formula is C14H28N4O. The standard InChI is InChI=1S/C14H28N4O/c1-2-19-13-8-10-18(11-9-13)14(17-15)16-12-6-4-3-5-7-12/h12-13H,2-11,15H2,1H3,(H,16,17). The van der Waals surface area contributed by atoms with Crippen molar-refractivity contribution in [3.05, 3.63) is 0 Å². The van der Waals surface area contributed by atoms with Gasteiger partial charge in [-0.15, -0.1) is 0 Å². The lowest BCUT2D eigenvalue weighted by molar-refractivity contribution is 0.0263. The van der Waals surface area contributed by atoms with E-state index in [0.717, 1.165) is 38.5 Å². The van der Waals surface area contributed by atoms with Crippen LogP contribution in [0.15, 0.2) is 4.99 Å². The summed E-state index contributed by atoms with van der Waals surface area (Å²) >= 11 is 0. The van der Waals surface area contributed by atoms with E-state index in [2.05, 4.69) is 17.2 Å². The van der Waals surface area contributed by atoms with E-state index >= 15 is 0 Å². The maximum atomic E-state index is 5.68. The number of aliphatic imine (C=N–C) groups is 1. The first-order chi connectivity index (χ1) is 9.33. The molecule has 19 heavy (non-hydrogen) atoms. The van der Waals surface area contributed by atoms with Gasteiger partial charge in [-0.2, -0.15) is 0 Å². The number of piperidine rings is 1. The Kier molecular flexibility index (Phi) is 5.92. The first-order valence-electron chi connectivity index (χ1n) is 7.74. The van der Waals surface area contributed by atoms with E-state index < -0.39 is 0 Å². The second-order valence-corrected chi connectivity index (χ2v) is 5.53. The Morgan fingerprint density at radius 1 is 1.21 bits per heavy atom. The molecule has 1 heterocycles. The SMILES string of the molecule is CCOC1CCN(C(=NC2CCCCC2)NN)CC1. The van der Waals surface area contributed by atoms with Gasteiger partial charge in [0.25, 0.3) is 0 Å². The average molecular weight is 268 g/mol. The van der Waals surface area contributed by atoms with Crippen LogP contribution in [-0.4, -0.2) is 42.7 Å². The zero-order chi connectivity index (χ0) is 13.5. The van der Waals surface area contributed by atoms with Crippen molar-refractivity contribution < 1.29 is 4.74 Å². The van der Waals surface area contributed by atoms with Gasteiger partial charge in [0, 0.05) is 19.7 Å². The summed E-state index contributed by atoms with van der Waals surface area (Å²) in [6.07, 6.45) is 8.93. The molecular weight excluding hydrogens is 240 g/mol. The number of hydrogen-bond donors (Lipinski definition) is 2. The van der Waals surface area contributed by atoms with Crippen molar-refractivity contribution in [1.82, 2.24) is 10.3 Å². The van der Waals surface area contributed by atoms with E-state index in [1.807, 2.05) is 0 Å². The normalized spacial score (nSPS) is 23.7. The van der Waals surface area contributed by atoms with Gasteiger partial charge in [-0.05, 0) is 32.6 Å². The van der Waals surface area contributed by atoms with Gasteiger partial charge in [-0.1, -0.05) is 19.3 Å². The summed E-state index contributed by atoms with van der Waals surface area (Å²) in [5.74, 6) is 6.54. The van der Waals surface area contributed by atoms with E-state index in [9.17, 15) is 0 Å². The number of hydrazine groups is 1. The van der Waals surface area contributed by atoms with E-state index in [1.54, 1.807) is 0 Å². The minimum Gasteiger partial charge on any atom is -0.378 e. The molecule has 0 atom stereocenters. The fraction of sp³-hybridized carbons (Fsp3) is 0.929. The highest BCUT2D eigenvalue weighted by Gasteiger charge is 2.22. The minimum absolute atomic E-state index is 0.412. The van der Waals surface area contributed by atoms with Gasteiger partial charge < -0.3 is 9.64 Å². The molecule has 0 spiro atoms. The maximum Gasteiger partial charge on any atom is 0.208 e. The number of nitrogens with one attached hydrogen (secondary N) is 1. The number of guanidine groups is 1. The Morgan fingerprint density at radius 3 is 2.47 bits per heavy atom. The zero-order valence-electron chi connectivity index (χ0n) is 12.1. The molecule has 0 amide bonds. The number of nitrogens with two attached hydrogens (primary N) is 1. The second-order valence-electron chi connectivity index (χ2n) is 5.53. The lowest BCUT2D eigenvalue weighted by Crippen LogP contribution is -2.49. The van der Waals surface area contributed by atoms with Gasteiger partial charge in [0.05, 0.1) is 12.1 Å². The van der Waals surface area contributed by atoms with E-state index in [4.69, 9.17) is 15.6 Å². The first kappa shape index (κ1) is 14.6. The van der Waals surface area contributed by atoms with Gasteiger partial charge in [0.2, 0.25) is 5.96 Å². The van der Waals surface area contributed by atoms with Crippen LogP contribution in [0.5, 0.6) is 0 Å². The molecule has 3 N–H and O–H groups in total. The number of nitrogens with zero attached hydrogens (tertiary/aromatic N) is 2. The first-order valence-corrected chi connectivity index (χ1v) is 7.74. The van der Waals surface area contributed by atoms with Crippen LogP contribution in [0.1, 0.15) is 51.9 Å². The molecule has 5 heteroatoms. The molecule has 2 rings (SSSR count). The molecule has 1 saturated heterocycles. The smallest absolute Gasteiger partial charge is 0.208 e. The van der Waals surface area contributed by atoms with Gasteiger partial charge in [0.15, 0.2) is 0 Å². The van der Waals surface area contributed by atoms with Crippen molar-refractivity contribution in [1.29, 1.82) is 0 Å². The fourth-order valence-corrected chi connectivity index (χ4v) is 3.06. The maximum absolute atomic E-state index is 5.68. The molecule has 0 aromatic rings. The predicted octanol–water partition coefficient (Wildman–Crippen LogP) is 1.64. The summed E-state index contributed by atoms with van der Waals surface area (Å²) in [7, 11) is 0. The van der Waals surface area contributed by atoms with E-state index in [-0.39, 0.29) is 0 Å². The highest BCUT2D eigenvalue weighted by Crippen LogP contribution is 2.21. The van der Waals surface area contributed by atoms with Crippen molar-refractivity contribution in [3.63, 3.8) is 0 Å². The molecule has 0 aromatic heterocycles. The van der Waals surface area contributed by atoms with Gasteiger partial charge in [0.1, 0.15) is 0 Å². The largest absolute Gasteiger partial charge is 0.378 e. The van der Waals surface area contributed by atoms with Crippen molar-refractivity contribution >= 4 is 5.96 Å². The van der Waals surface area contributed by atoms with Crippen LogP contribution < -0.4 is 11.3 Å². The summed E-state index contributed by atoms with van der Waals surface area (Å²) in [6.45, 7) is 4.84. The number of ether oxygens (including phenoxy) is 1. The van der Waals surface area contributed by atoms with Crippen molar-refractivity contribution in [2.45, 2.75) is 64.0 Å². The molecule has 1 saturated carbocycles. The molecule has 0 radical (unpaired) electrons. The van der Waals surface area contributed by atoms with E-state index in [0.29, 0.717) is 12.1 Å². The van der Waals surface area contributed by atoms with Crippen LogP contribution in [0.3, 0.4) is 0 Å². The van der Waals surface area contributed by atoms with Crippen molar-refractivity contribution in [2.24, 2.45) is 10.8 Å². The highest BCUT2D eigenvalue weighted by molar-refractivity contribution is 5.79. The molecule has 0 unspecified atom stereocenters.